The van der Waals surface area contributed by atoms with Gasteiger partial charge in [-0.25, -0.2) is 9.37 Å². The van der Waals surface area contributed by atoms with Crippen molar-refractivity contribution in [2.24, 2.45) is 0 Å². The van der Waals surface area contributed by atoms with Crippen molar-refractivity contribution < 1.29 is 13.9 Å². The van der Waals surface area contributed by atoms with Gasteiger partial charge in [-0.3, -0.25) is 9.48 Å². The largest absolute Gasteiger partial charge is 0.497 e. The minimum atomic E-state index is -0.638. The van der Waals surface area contributed by atoms with E-state index in [1.807, 2.05) is 65.5 Å². The summed E-state index contributed by atoms with van der Waals surface area (Å²) >= 11 is 3.20. The highest BCUT2D eigenvalue weighted by Crippen LogP contribution is 2.20. The van der Waals surface area contributed by atoms with Crippen LogP contribution in [-0.2, 0) is 19.4 Å². The number of ether oxygens (including phenoxy) is 1. The lowest BCUT2D eigenvalue weighted by Crippen LogP contribution is -2.09. The number of hydrogen-bond acceptors (Lipinski definition) is 4. The van der Waals surface area contributed by atoms with E-state index in [1.54, 1.807) is 7.11 Å². The Labute approximate surface area is 194 Å². The molecule has 0 radical (unpaired) electrons. The number of hydrogen-bond donors (Lipinski definition) is 0. The monoisotopic (exact) mass is 493 g/mol. The molecule has 0 saturated heterocycles. The number of carbonyl (C=O) groups excluding carboxylic acids is 1. The highest BCUT2D eigenvalue weighted by molar-refractivity contribution is 9.10. The number of ketones is 1. The Kier molecular flexibility index (Phi) is 6.75. The number of methoxy groups -OCH3 is 1. The summed E-state index contributed by atoms with van der Waals surface area (Å²) < 4.78 is 21.6. The molecule has 5 nitrogen and oxygen atoms in total. The fourth-order valence-corrected chi connectivity index (χ4v) is 3.82. The van der Waals surface area contributed by atoms with Gasteiger partial charge in [-0.05, 0) is 50.8 Å². The van der Waals surface area contributed by atoms with Crippen LogP contribution in [0.5, 0.6) is 5.75 Å². The zero-order chi connectivity index (χ0) is 22.5. The molecule has 2 aromatic carbocycles. The maximum atomic E-state index is 14.2. The van der Waals surface area contributed by atoms with Crippen LogP contribution in [0.4, 0.5) is 4.39 Å². The SMILES string of the molecule is COc1ccc(Cn2cc(Cc3ccccc3)c(CC(=O)c3cc(Br)ncc3F)n2)cc1. The van der Waals surface area contributed by atoms with Crippen molar-refractivity contribution >= 4 is 21.7 Å². The number of carbonyl (C=O) groups is 1. The maximum absolute atomic E-state index is 14.2. The molecule has 0 N–H and O–H groups in total. The van der Waals surface area contributed by atoms with E-state index >= 15 is 0 Å². The maximum Gasteiger partial charge on any atom is 0.171 e. The van der Waals surface area contributed by atoms with Crippen LogP contribution >= 0.6 is 15.9 Å². The summed E-state index contributed by atoms with van der Waals surface area (Å²) in [6, 6.07) is 19.2. The van der Waals surface area contributed by atoms with Gasteiger partial charge in [-0.2, -0.15) is 5.10 Å². The van der Waals surface area contributed by atoms with E-state index in [0.29, 0.717) is 23.3 Å². The summed E-state index contributed by atoms with van der Waals surface area (Å²) in [7, 11) is 1.63. The lowest BCUT2D eigenvalue weighted by molar-refractivity contribution is 0.0987. The van der Waals surface area contributed by atoms with Gasteiger partial charge >= 0.3 is 0 Å². The van der Waals surface area contributed by atoms with Crippen molar-refractivity contribution in [1.29, 1.82) is 0 Å². The van der Waals surface area contributed by atoms with E-state index in [9.17, 15) is 9.18 Å². The summed E-state index contributed by atoms with van der Waals surface area (Å²) in [5.41, 5.74) is 3.75. The molecule has 7 heteroatoms. The van der Waals surface area contributed by atoms with Gasteiger partial charge in [-0.1, -0.05) is 42.5 Å². The van der Waals surface area contributed by atoms with E-state index in [-0.39, 0.29) is 17.8 Å². The predicted molar refractivity (Wildman–Crippen MR) is 124 cm³/mol. The first kappa shape index (κ1) is 21.9. The van der Waals surface area contributed by atoms with Crippen LogP contribution in [0.25, 0.3) is 0 Å². The van der Waals surface area contributed by atoms with Crippen LogP contribution in [0.15, 0.2) is 77.7 Å². The molecular weight excluding hydrogens is 473 g/mol. The Balaban J connectivity index is 1.62. The smallest absolute Gasteiger partial charge is 0.171 e. The highest BCUT2D eigenvalue weighted by Gasteiger charge is 2.18. The first-order valence-corrected chi connectivity index (χ1v) is 10.9. The van der Waals surface area contributed by atoms with Crippen LogP contribution in [0.3, 0.4) is 0 Å². The Morgan fingerprint density at radius 1 is 1.09 bits per heavy atom. The van der Waals surface area contributed by atoms with Gasteiger partial charge in [0, 0.05) is 12.6 Å². The Hall–Kier alpha value is -3.32. The Morgan fingerprint density at radius 3 is 2.56 bits per heavy atom. The number of Topliss-reactive ketones (excluding diaryl/α,β-unsaturated/α-hetero) is 1. The van der Waals surface area contributed by atoms with Gasteiger partial charge < -0.3 is 4.74 Å². The predicted octanol–water partition coefficient (Wildman–Crippen LogP) is 5.25. The highest BCUT2D eigenvalue weighted by atomic mass is 79.9. The number of halogens is 2. The molecule has 0 aliphatic heterocycles. The molecule has 0 aliphatic carbocycles. The zero-order valence-electron chi connectivity index (χ0n) is 17.5. The molecule has 2 heterocycles. The molecule has 0 amide bonds. The Morgan fingerprint density at radius 2 is 1.84 bits per heavy atom. The molecule has 0 fully saturated rings. The fraction of sp³-hybridized carbons (Fsp3) is 0.160. The third-order valence-corrected chi connectivity index (χ3v) is 5.55. The van der Waals surface area contributed by atoms with Crippen LogP contribution in [0.1, 0.15) is 32.7 Å². The second-order valence-electron chi connectivity index (χ2n) is 7.40. The van der Waals surface area contributed by atoms with Gasteiger partial charge in [0.05, 0.1) is 37.5 Å². The Bertz CT molecular complexity index is 1220. The number of aromatic nitrogens is 3. The molecule has 2 aromatic heterocycles. The van der Waals surface area contributed by atoms with Crippen molar-refractivity contribution in [3.8, 4) is 5.75 Å². The van der Waals surface area contributed by atoms with E-state index in [2.05, 4.69) is 26.0 Å². The van der Waals surface area contributed by atoms with Crippen molar-refractivity contribution in [3.63, 3.8) is 0 Å². The van der Waals surface area contributed by atoms with Crippen molar-refractivity contribution in [1.82, 2.24) is 14.8 Å². The number of benzene rings is 2. The van der Waals surface area contributed by atoms with Gasteiger partial charge in [-0.15, -0.1) is 0 Å². The standard InChI is InChI=1S/C25H21BrFN3O2/c1-32-20-9-7-18(8-10-20)15-30-16-19(11-17-5-3-2-4-6-17)23(29-30)13-24(31)21-12-25(26)28-14-22(21)27/h2-10,12,14,16H,11,13,15H2,1H3. The summed E-state index contributed by atoms with van der Waals surface area (Å²) in [4.78, 5) is 16.7. The van der Waals surface area contributed by atoms with Gasteiger partial charge in [0.1, 0.15) is 10.4 Å². The van der Waals surface area contributed by atoms with E-state index in [1.165, 1.54) is 6.07 Å². The van der Waals surface area contributed by atoms with Crippen LogP contribution in [0, 0.1) is 5.82 Å². The fourth-order valence-electron chi connectivity index (χ4n) is 3.49. The van der Waals surface area contributed by atoms with Crippen molar-refractivity contribution in [3.05, 3.63) is 111 Å². The normalized spacial score (nSPS) is 10.8. The zero-order valence-corrected chi connectivity index (χ0v) is 19.0. The summed E-state index contributed by atoms with van der Waals surface area (Å²) in [5.74, 6) is -0.189. The molecule has 0 unspecified atom stereocenters. The second kappa shape index (κ2) is 9.87. The molecule has 0 spiro atoms. The third-order valence-electron chi connectivity index (χ3n) is 5.12. The molecule has 0 atom stereocenters. The van der Waals surface area contributed by atoms with Gasteiger partial charge in [0.2, 0.25) is 0 Å². The molecule has 162 valence electrons. The first-order valence-electron chi connectivity index (χ1n) is 10.1. The van der Waals surface area contributed by atoms with E-state index < -0.39 is 5.82 Å². The quantitative estimate of drug-likeness (QED) is 0.248. The molecule has 0 bridgehead atoms. The topological polar surface area (TPSA) is 57.0 Å². The van der Waals surface area contributed by atoms with Crippen molar-refractivity contribution in [2.45, 2.75) is 19.4 Å². The average Bonchev–Trinajstić information content (AvgIpc) is 3.16. The minimum absolute atomic E-state index is 0.00207. The lowest BCUT2D eigenvalue weighted by Gasteiger charge is -2.05. The summed E-state index contributed by atoms with van der Waals surface area (Å²) in [5, 5.41) is 4.68. The molecule has 32 heavy (non-hydrogen) atoms. The number of rotatable bonds is 8. The molecule has 4 rings (SSSR count). The average molecular weight is 494 g/mol. The lowest BCUT2D eigenvalue weighted by atomic mass is 10.0. The second-order valence-corrected chi connectivity index (χ2v) is 8.21. The summed E-state index contributed by atoms with van der Waals surface area (Å²) in [6.07, 6.45) is 3.64. The first-order chi connectivity index (χ1) is 15.5. The molecule has 0 saturated carbocycles. The van der Waals surface area contributed by atoms with E-state index in [0.717, 1.165) is 28.6 Å². The molecule has 4 aromatic rings. The summed E-state index contributed by atoms with van der Waals surface area (Å²) in [6.45, 7) is 0.551. The van der Waals surface area contributed by atoms with E-state index in [4.69, 9.17) is 4.74 Å². The van der Waals surface area contributed by atoms with Crippen LogP contribution in [-0.4, -0.2) is 27.7 Å². The third kappa shape index (κ3) is 5.29. The van der Waals surface area contributed by atoms with Gasteiger partial charge in [0.25, 0.3) is 0 Å². The number of pyridine rings is 1. The van der Waals surface area contributed by atoms with Crippen LogP contribution in [0.2, 0.25) is 0 Å². The number of nitrogens with zero attached hydrogens (tertiary/aromatic N) is 3. The van der Waals surface area contributed by atoms with Crippen LogP contribution < -0.4 is 4.74 Å². The van der Waals surface area contributed by atoms with Gasteiger partial charge in [0.15, 0.2) is 11.6 Å². The minimum Gasteiger partial charge on any atom is -0.497 e. The molecule has 0 aliphatic rings. The van der Waals surface area contributed by atoms with Crippen molar-refractivity contribution in [2.75, 3.05) is 7.11 Å². The molecular formula is C25H21BrFN3O2.